The van der Waals surface area contributed by atoms with Crippen molar-refractivity contribution in [2.75, 3.05) is 6.61 Å². The van der Waals surface area contributed by atoms with Crippen molar-refractivity contribution in [2.45, 2.75) is 45.6 Å². The van der Waals surface area contributed by atoms with Gasteiger partial charge in [-0.1, -0.05) is 87.5 Å². The normalized spacial score (nSPS) is 14.3. The second-order valence-corrected chi connectivity index (χ2v) is 12.8. The van der Waals surface area contributed by atoms with Crippen LogP contribution in [0.3, 0.4) is 0 Å². The minimum atomic E-state index is -2.56. The summed E-state index contributed by atoms with van der Waals surface area (Å²) in [6, 6.07) is 21.0. The molecule has 0 aliphatic heterocycles. The number of carboxylic acids is 1. The van der Waals surface area contributed by atoms with Gasteiger partial charge in [-0.05, 0) is 35.2 Å². The topological polar surface area (TPSA) is 46.5 Å². The van der Waals surface area contributed by atoms with E-state index < -0.39 is 19.7 Å². The summed E-state index contributed by atoms with van der Waals surface area (Å²) in [5.74, 6) is -0.840. The highest BCUT2D eigenvalue weighted by molar-refractivity contribution is 6.99. The van der Waals surface area contributed by atoms with Crippen LogP contribution in [0.1, 0.15) is 40.5 Å². The first-order valence-electron chi connectivity index (χ1n) is 9.79. The Kier molecular flexibility index (Phi) is 7.02. The summed E-state index contributed by atoms with van der Waals surface area (Å²) in [6.07, 6.45) is 2.70. The molecule has 1 atom stereocenters. The zero-order chi connectivity index (χ0) is 20.8. The summed E-state index contributed by atoms with van der Waals surface area (Å²) in [5.41, 5.74) is -0.922. The highest BCUT2D eigenvalue weighted by Crippen LogP contribution is 2.37. The van der Waals surface area contributed by atoms with Crippen LogP contribution in [0.5, 0.6) is 0 Å². The summed E-state index contributed by atoms with van der Waals surface area (Å²) in [7, 11) is -2.56. The van der Waals surface area contributed by atoms with Crippen molar-refractivity contribution >= 4 is 24.7 Å². The smallest absolute Gasteiger partial charge is 0.313 e. The van der Waals surface area contributed by atoms with Crippen LogP contribution in [0.15, 0.2) is 73.3 Å². The fourth-order valence-corrected chi connectivity index (χ4v) is 8.33. The Morgan fingerprint density at radius 1 is 1.00 bits per heavy atom. The monoisotopic (exact) mass is 396 g/mol. The quantitative estimate of drug-likeness (QED) is 0.382. The lowest BCUT2D eigenvalue weighted by Crippen LogP contribution is -2.66. The van der Waals surface area contributed by atoms with Gasteiger partial charge in [-0.2, -0.15) is 0 Å². The van der Waals surface area contributed by atoms with E-state index in [1.54, 1.807) is 6.92 Å². The van der Waals surface area contributed by atoms with Crippen LogP contribution < -0.4 is 10.4 Å². The van der Waals surface area contributed by atoms with E-state index >= 15 is 0 Å². The zero-order valence-electron chi connectivity index (χ0n) is 17.4. The average Bonchev–Trinajstić information content (AvgIpc) is 2.68. The summed E-state index contributed by atoms with van der Waals surface area (Å²) in [5, 5.41) is 11.9. The first-order valence-corrected chi connectivity index (χ1v) is 11.7. The van der Waals surface area contributed by atoms with Crippen molar-refractivity contribution in [1.82, 2.24) is 0 Å². The number of carbonyl (C=O) groups is 1. The Bertz CT molecular complexity index is 741. The van der Waals surface area contributed by atoms with Gasteiger partial charge in [0.05, 0.1) is 5.41 Å². The molecular formula is C24H32O3Si. The molecule has 0 radical (unpaired) electrons. The number of hydrogen-bond donors (Lipinski definition) is 1. The molecule has 0 amide bonds. The highest BCUT2D eigenvalue weighted by Gasteiger charge is 2.50. The first kappa shape index (κ1) is 22.1. The van der Waals surface area contributed by atoms with Crippen molar-refractivity contribution in [1.29, 1.82) is 0 Å². The zero-order valence-corrected chi connectivity index (χ0v) is 18.4. The maximum Gasteiger partial charge on any atom is 0.313 e. The molecule has 0 bridgehead atoms. The molecule has 1 N–H and O–H groups in total. The fourth-order valence-electron chi connectivity index (χ4n) is 3.72. The van der Waals surface area contributed by atoms with Crippen molar-refractivity contribution < 1.29 is 14.3 Å². The van der Waals surface area contributed by atoms with Gasteiger partial charge in [0.2, 0.25) is 0 Å². The van der Waals surface area contributed by atoms with Gasteiger partial charge in [-0.15, -0.1) is 6.58 Å². The van der Waals surface area contributed by atoms with Gasteiger partial charge in [-0.25, -0.2) is 0 Å². The van der Waals surface area contributed by atoms with Crippen LogP contribution in [0.2, 0.25) is 5.04 Å². The molecule has 2 aromatic carbocycles. The predicted octanol–water partition coefficient (Wildman–Crippen LogP) is 4.62. The number of aliphatic carboxylic acids is 1. The van der Waals surface area contributed by atoms with E-state index in [4.69, 9.17) is 4.43 Å². The minimum absolute atomic E-state index is 0.0791. The molecule has 0 aliphatic carbocycles. The van der Waals surface area contributed by atoms with E-state index in [-0.39, 0.29) is 5.04 Å². The number of benzene rings is 2. The SMILES string of the molecule is C=CC(C)(CCCO[Si](c1ccccc1)(c1ccccc1)C(C)(C)C)C(=O)O. The molecule has 1 unspecified atom stereocenters. The van der Waals surface area contributed by atoms with Crippen molar-refractivity contribution in [2.24, 2.45) is 5.41 Å². The second kappa shape index (κ2) is 8.89. The van der Waals surface area contributed by atoms with E-state index in [2.05, 4.69) is 75.9 Å². The Morgan fingerprint density at radius 3 is 1.82 bits per heavy atom. The Hall–Kier alpha value is -2.17. The van der Waals surface area contributed by atoms with Crippen molar-refractivity contribution in [3.63, 3.8) is 0 Å². The Balaban J connectivity index is 2.37. The molecule has 0 aromatic heterocycles. The van der Waals surface area contributed by atoms with Gasteiger partial charge in [0.25, 0.3) is 8.32 Å². The largest absolute Gasteiger partial charge is 0.481 e. The molecule has 28 heavy (non-hydrogen) atoms. The molecule has 3 nitrogen and oxygen atoms in total. The van der Waals surface area contributed by atoms with Crippen LogP contribution in [-0.4, -0.2) is 26.0 Å². The molecular weight excluding hydrogens is 364 g/mol. The molecule has 4 heteroatoms. The van der Waals surface area contributed by atoms with Crippen LogP contribution in [0.4, 0.5) is 0 Å². The molecule has 0 saturated heterocycles. The molecule has 150 valence electrons. The van der Waals surface area contributed by atoms with Gasteiger partial charge >= 0.3 is 5.97 Å². The molecule has 2 rings (SSSR count). The average molecular weight is 397 g/mol. The van der Waals surface area contributed by atoms with Gasteiger partial charge in [0, 0.05) is 6.61 Å². The van der Waals surface area contributed by atoms with Crippen LogP contribution in [0.25, 0.3) is 0 Å². The van der Waals surface area contributed by atoms with Crippen LogP contribution in [0, 0.1) is 5.41 Å². The third-order valence-electron chi connectivity index (χ3n) is 5.51. The lowest BCUT2D eigenvalue weighted by Gasteiger charge is -2.43. The van der Waals surface area contributed by atoms with Gasteiger partial charge in [0.15, 0.2) is 0 Å². The molecule has 0 saturated carbocycles. The van der Waals surface area contributed by atoms with E-state index in [0.717, 1.165) is 0 Å². The van der Waals surface area contributed by atoms with E-state index in [1.165, 1.54) is 16.4 Å². The van der Waals surface area contributed by atoms with Crippen LogP contribution >= 0.6 is 0 Å². The molecule has 0 heterocycles. The number of hydrogen-bond acceptors (Lipinski definition) is 2. The van der Waals surface area contributed by atoms with Gasteiger partial charge < -0.3 is 9.53 Å². The maximum absolute atomic E-state index is 11.5. The van der Waals surface area contributed by atoms with Gasteiger partial charge in [-0.3, -0.25) is 4.79 Å². The van der Waals surface area contributed by atoms with Gasteiger partial charge in [0.1, 0.15) is 0 Å². The van der Waals surface area contributed by atoms with E-state index in [1.807, 2.05) is 12.1 Å². The summed E-state index contributed by atoms with van der Waals surface area (Å²) in [4.78, 5) is 11.5. The summed E-state index contributed by atoms with van der Waals surface area (Å²) < 4.78 is 6.80. The lowest BCUT2D eigenvalue weighted by molar-refractivity contribution is -0.145. The fraction of sp³-hybridized carbons (Fsp3) is 0.375. The molecule has 0 aliphatic rings. The predicted molar refractivity (Wildman–Crippen MR) is 119 cm³/mol. The maximum atomic E-state index is 11.5. The third-order valence-corrected chi connectivity index (χ3v) is 10.6. The first-order chi connectivity index (χ1) is 13.2. The van der Waals surface area contributed by atoms with Crippen LogP contribution in [-0.2, 0) is 9.22 Å². The molecule has 0 fully saturated rings. The molecule has 2 aromatic rings. The standard InChI is InChI=1S/C24H32O3Si/c1-6-24(5,22(25)26)18-13-19-27-28(23(2,3)4,20-14-9-7-10-15-20)21-16-11-8-12-17-21/h6-12,14-17H,1,13,18-19H2,2-5H3,(H,25,26). The lowest BCUT2D eigenvalue weighted by atomic mass is 9.86. The highest BCUT2D eigenvalue weighted by atomic mass is 28.4. The Morgan fingerprint density at radius 2 is 1.46 bits per heavy atom. The van der Waals surface area contributed by atoms with E-state index in [9.17, 15) is 9.90 Å². The summed E-state index contributed by atoms with van der Waals surface area (Å²) >= 11 is 0. The number of carboxylic acid groups (broad SMARTS) is 1. The number of rotatable bonds is 9. The third kappa shape index (κ3) is 4.45. The molecule has 0 spiro atoms. The van der Waals surface area contributed by atoms with E-state index in [0.29, 0.717) is 19.4 Å². The minimum Gasteiger partial charge on any atom is -0.481 e. The van der Waals surface area contributed by atoms with Crippen molar-refractivity contribution in [3.05, 3.63) is 73.3 Å². The Labute approximate surface area is 170 Å². The second-order valence-electron chi connectivity index (χ2n) is 8.54. The van der Waals surface area contributed by atoms with Crippen molar-refractivity contribution in [3.8, 4) is 0 Å². The summed E-state index contributed by atoms with van der Waals surface area (Å²) in [6.45, 7) is 12.7.